The number of carbonyl (C=O) groups is 1. The zero-order chi connectivity index (χ0) is 13.0. The Balaban J connectivity index is 1.88. The van der Waals surface area contributed by atoms with E-state index >= 15 is 0 Å². The summed E-state index contributed by atoms with van der Waals surface area (Å²) in [5, 5.41) is 0. The lowest BCUT2D eigenvalue weighted by Gasteiger charge is -2.03. The number of carbonyl (C=O) groups excluding carboxylic acids is 1. The Morgan fingerprint density at radius 2 is 2.00 bits per heavy atom. The molecule has 0 atom stereocenters. The number of ether oxygens (including phenoxy) is 1. The first kappa shape index (κ1) is 12.4. The Morgan fingerprint density at radius 1 is 1.28 bits per heavy atom. The maximum absolute atomic E-state index is 11.6. The lowest BCUT2D eigenvalue weighted by Crippen LogP contribution is -2.09. The van der Waals surface area contributed by atoms with Crippen molar-refractivity contribution in [2.75, 3.05) is 0 Å². The van der Waals surface area contributed by atoms with E-state index in [1.165, 1.54) is 0 Å². The summed E-state index contributed by atoms with van der Waals surface area (Å²) < 4.78 is 10.4. The Morgan fingerprint density at radius 3 is 2.61 bits per heavy atom. The molecule has 0 saturated carbocycles. The van der Waals surface area contributed by atoms with Crippen LogP contribution >= 0.6 is 0 Å². The second-order valence-electron chi connectivity index (χ2n) is 4.06. The van der Waals surface area contributed by atoms with Crippen molar-refractivity contribution in [3.05, 3.63) is 53.2 Å². The van der Waals surface area contributed by atoms with Crippen LogP contribution in [0, 0.1) is 13.8 Å². The number of aromatic nitrogens is 1. The predicted octanol–water partition coefficient (Wildman–Crippen LogP) is 2.58. The molecular weight excluding hydrogens is 230 g/mol. The van der Waals surface area contributed by atoms with Crippen molar-refractivity contribution in [3.63, 3.8) is 0 Å². The second-order valence-corrected chi connectivity index (χ2v) is 4.06. The molecule has 1 aromatic carbocycles. The highest BCUT2D eigenvalue weighted by Crippen LogP contribution is 2.10. The smallest absolute Gasteiger partial charge is 0.312 e. The van der Waals surface area contributed by atoms with Gasteiger partial charge in [-0.3, -0.25) is 4.79 Å². The molecule has 0 radical (unpaired) electrons. The Kier molecular flexibility index (Phi) is 3.77. The standard InChI is InChI=1S/C14H15NO3/c1-10-13(15-11(2)18-10)8-14(16)17-9-12-6-4-3-5-7-12/h3-7H,8-9H2,1-2H3. The second kappa shape index (κ2) is 5.49. The molecule has 1 aromatic heterocycles. The molecule has 0 aliphatic heterocycles. The molecule has 0 unspecified atom stereocenters. The van der Waals surface area contributed by atoms with E-state index in [0.29, 0.717) is 17.3 Å². The first-order valence-electron chi connectivity index (χ1n) is 5.77. The summed E-state index contributed by atoms with van der Waals surface area (Å²) in [6.45, 7) is 3.83. The lowest BCUT2D eigenvalue weighted by atomic mass is 10.2. The van der Waals surface area contributed by atoms with Crippen LogP contribution in [0.1, 0.15) is 22.9 Å². The lowest BCUT2D eigenvalue weighted by molar-refractivity contribution is -0.144. The Labute approximate surface area is 106 Å². The van der Waals surface area contributed by atoms with Crippen molar-refractivity contribution in [1.82, 2.24) is 4.98 Å². The number of benzene rings is 1. The SMILES string of the molecule is Cc1nc(CC(=O)OCc2ccccc2)c(C)o1. The predicted molar refractivity (Wildman–Crippen MR) is 65.9 cm³/mol. The summed E-state index contributed by atoms with van der Waals surface area (Å²) in [4.78, 5) is 15.8. The zero-order valence-corrected chi connectivity index (χ0v) is 10.5. The molecule has 0 saturated heterocycles. The van der Waals surface area contributed by atoms with Gasteiger partial charge in [-0.05, 0) is 12.5 Å². The van der Waals surface area contributed by atoms with Gasteiger partial charge in [0.1, 0.15) is 12.4 Å². The van der Waals surface area contributed by atoms with Gasteiger partial charge in [0, 0.05) is 6.92 Å². The van der Waals surface area contributed by atoms with Gasteiger partial charge >= 0.3 is 5.97 Å². The van der Waals surface area contributed by atoms with E-state index in [0.717, 1.165) is 5.56 Å². The molecule has 0 spiro atoms. The number of oxazole rings is 1. The van der Waals surface area contributed by atoms with E-state index in [2.05, 4.69) is 4.98 Å². The van der Waals surface area contributed by atoms with Gasteiger partial charge in [-0.25, -0.2) is 4.98 Å². The van der Waals surface area contributed by atoms with Gasteiger partial charge in [-0.2, -0.15) is 0 Å². The fourth-order valence-electron chi connectivity index (χ4n) is 1.66. The summed E-state index contributed by atoms with van der Waals surface area (Å²) in [5.41, 5.74) is 1.62. The van der Waals surface area contributed by atoms with Gasteiger partial charge in [0.15, 0.2) is 5.89 Å². The zero-order valence-electron chi connectivity index (χ0n) is 10.5. The molecule has 0 bridgehead atoms. The minimum atomic E-state index is -0.296. The summed E-state index contributed by atoms with van der Waals surface area (Å²) in [6, 6.07) is 9.58. The fourth-order valence-corrected chi connectivity index (χ4v) is 1.66. The van der Waals surface area contributed by atoms with Gasteiger partial charge in [-0.1, -0.05) is 30.3 Å². The molecule has 0 N–H and O–H groups in total. The molecule has 0 fully saturated rings. The Hall–Kier alpha value is -2.10. The summed E-state index contributed by atoms with van der Waals surface area (Å²) >= 11 is 0. The van der Waals surface area contributed by atoms with Crippen LogP contribution in [0.3, 0.4) is 0 Å². The molecule has 0 aliphatic rings. The normalized spacial score (nSPS) is 10.3. The third kappa shape index (κ3) is 3.20. The van der Waals surface area contributed by atoms with E-state index in [1.807, 2.05) is 30.3 Å². The minimum absolute atomic E-state index is 0.149. The topological polar surface area (TPSA) is 52.3 Å². The summed E-state index contributed by atoms with van der Waals surface area (Å²) in [6.07, 6.45) is 0.149. The fraction of sp³-hybridized carbons (Fsp3) is 0.286. The van der Waals surface area contributed by atoms with Gasteiger partial charge in [0.05, 0.1) is 12.1 Å². The average Bonchev–Trinajstić information content (AvgIpc) is 2.67. The molecule has 18 heavy (non-hydrogen) atoms. The molecule has 94 valence electrons. The van der Waals surface area contributed by atoms with Crippen molar-refractivity contribution in [1.29, 1.82) is 0 Å². The van der Waals surface area contributed by atoms with Crippen molar-refractivity contribution in [2.45, 2.75) is 26.9 Å². The highest BCUT2D eigenvalue weighted by Gasteiger charge is 2.12. The first-order chi connectivity index (χ1) is 8.65. The van der Waals surface area contributed by atoms with Crippen LogP contribution in [0.4, 0.5) is 0 Å². The number of rotatable bonds is 4. The number of hydrogen-bond donors (Lipinski definition) is 0. The third-order valence-electron chi connectivity index (χ3n) is 2.55. The highest BCUT2D eigenvalue weighted by molar-refractivity contribution is 5.72. The Bertz CT molecular complexity index is 531. The molecule has 4 nitrogen and oxygen atoms in total. The molecular formula is C14H15NO3. The molecule has 2 aromatic rings. The molecule has 0 amide bonds. The van der Waals surface area contributed by atoms with Crippen LogP contribution in [-0.4, -0.2) is 11.0 Å². The van der Waals surface area contributed by atoms with Gasteiger partial charge in [-0.15, -0.1) is 0 Å². The van der Waals surface area contributed by atoms with Crippen LogP contribution in [0.15, 0.2) is 34.7 Å². The maximum atomic E-state index is 11.6. The monoisotopic (exact) mass is 245 g/mol. The maximum Gasteiger partial charge on any atom is 0.312 e. The van der Waals surface area contributed by atoms with E-state index in [1.54, 1.807) is 13.8 Å². The van der Waals surface area contributed by atoms with E-state index in [4.69, 9.17) is 9.15 Å². The van der Waals surface area contributed by atoms with Crippen LogP contribution in [-0.2, 0) is 22.6 Å². The van der Waals surface area contributed by atoms with Crippen molar-refractivity contribution in [2.24, 2.45) is 0 Å². The molecule has 1 heterocycles. The van der Waals surface area contributed by atoms with Crippen molar-refractivity contribution in [3.8, 4) is 0 Å². The van der Waals surface area contributed by atoms with Gasteiger partial charge in [0.2, 0.25) is 0 Å². The quantitative estimate of drug-likeness (QED) is 0.777. The van der Waals surface area contributed by atoms with Gasteiger partial charge < -0.3 is 9.15 Å². The van der Waals surface area contributed by atoms with Crippen LogP contribution in [0.5, 0.6) is 0 Å². The molecule has 2 rings (SSSR count). The average molecular weight is 245 g/mol. The first-order valence-corrected chi connectivity index (χ1v) is 5.77. The van der Waals surface area contributed by atoms with E-state index in [-0.39, 0.29) is 19.0 Å². The third-order valence-corrected chi connectivity index (χ3v) is 2.55. The number of nitrogens with zero attached hydrogens (tertiary/aromatic N) is 1. The van der Waals surface area contributed by atoms with Crippen LogP contribution in [0.2, 0.25) is 0 Å². The van der Waals surface area contributed by atoms with Crippen LogP contribution in [0.25, 0.3) is 0 Å². The largest absolute Gasteiger partial charge is 0.461 e. The van der Waals surface area contributed by atoms with Gasteiger partial charge in [0.25, 0.3) is 0 Å². The number of esters is 1. The van der Waals surface area contributed by atoms with E-state index in [9.17, 15) is 4.79 Å². The summed E-state index contributed by atoms with van der Waals surface area (Å²) in [5.74, 6) is 0.942. The number of aryl methyl sites for hydroxylation is 2. The van der Waals surface area contributed by atoms with Crippen LogP contribution < -0.4 is 0 Å². The van der Waals surface area contributed by atoms with E-state index < -0.39 is 0 Å². The van der Waals surface area contributed by atoms with Crippen molar-refractivity contribution >= 4 is 5.97 Å². The molecule has 4 heteroatoms. The highest BCUT2D eigenvalue weighted by atomic mass is 16.5. The molecule has 0 aliphatic carbocycles. The minimum Gasteiger partial charge on any atom is -0.461 e. The number of hydrogen-bond acceptors (Lipinski definition) is 4. The van der Waals surface area contributed by atoms with Crippen molar-refractivity contribution < 1.29 is 13.9 Å². The summed E-state index contributed by atoms with van der Waals surface area (Å²) in [7, 11) is 0.